The Balaban J connectivity index is 2.04. The molecule has 1 aliphatic rings. The quantitative estimate of drug-likeness (QED) is 0.921. The van der Waals surface area contributed by atoms with Crippen molar-refractivity contribution in [1.82, 2.24) is 4.90 Å². The van der Waals surface area contributed by atoms with Crippen LogP contribution in [0.1, 0.15) is 37.3 Å². The molecular weight excluding hydrogens is 307 g/mol. The summed E-state index contributed by atoms with van der Waals surface area (Å²) in [5.74, 6) is -0.288. The number of aliphatic hydroxyl groups is 1. The largest absolute Gasteiger partial charge is 0.416 e. The summed E-state index contributed by atoms with van der Waals surface area (Å²) in [6.07, 6.45) is -2.48. The lowest BCUT2D eigenvalue weighted by Gasteiger charge is -2.40. The van der Waals surface area contributed by atoms with Crippen LogP contribution in [0.3, 0.4) is 0 Å². The fourth-order valence-corrected chi connectivity index (χ4v) is 3.08. The summed E-state index contributed by atoms with van der Waals surface area (Å²) in [5.41, 5.74) is -0.885. The number of carbonyl (C=O) groups excluding carboxylic acids is 1. The number of alkyl halides is 3. The van der Waals surface area contributed by atoms with Crippen molar-refractivity contribution in [3.63, 3.8) is 0 Å². The maximum Gasteiger partial charge on any atom is 0.416 e. The Morgan fingerprint density at radius 3 is 2.39 bits per heavy atom. The zero-order chi connectivity index (χ0) is 17.1. The lowest BCUT2D eigenvalue weighted by atomic mass is 9.77. The van der Waals surface area contributed by atoms with Gasteiger partial charge in [-0.2, -0.15) is 13.2 Å². The molecule has 23 heavy (non-hydrogen) atoms. The molecule has 0 unspecified atom stereocenters. The summed E-state index contributed by atoms with van der Waals surface area (Å²) >= 11 is 0. The predicted octanol–water partition coefficient (Wildman–Crippen LogP) is 3.26. The highest BCUT2D eigenvalue weighted by atomic mass is 19.4. The highest BCUT2D eigenvalue weighted by molar-refractivity contribution is 5.79. The van der Waals surface area contributed by atoms with Gasteiger partial charge in [-0.15, -0.1) is 0 Å². The van der Waals surface area contributed by atoms with Crippen LogP contribution in [0.5, 0.6) is 0 Å². The van der Waals surface area contributed by atoms with Gasteiger partial charge in [0.25, 0.3) is 0 Å². The maximum absolute atomic E-state index is 13.0. The summed E-state index contributed by atoms with van der Waals surface area (Å²) in [7, 11) is 0. The first-order valence-corrected chi connectivity index (χ1v) is 7.85. The van der Waals surface area contributed by atoms with Gasteiger partial charge in [0, 0.05) is 19.7 Å². The molecule has 0 spiro atoms. The Bertz CT molecular complexity index is 543. The van der Waals surface area contributed by atoms with Gasteiger partial charge in [-0.05, 0) is 36.3 Å². The smallest absolute Gasteiger partial charge is 0.396 e. The van der Waals surface area contributed by atoms with E-state index in [1.165, 1.54) is 18.2 Å². The van der Waals surface area contributed by atoms with Crippen LogP contribution in [0.25, 0.3) is 0 Å². The Hall–Kier alpha value is -1.56. The van der Waals surface area contributed by atoms with Gasteiger partial charge in [0.05, 0.1) is 12.0 Å². The number of likely N-dealkylation sites (tertiary alicyclic amines) is 1. The minimum absolute atomic E-state index is 0.0134. The monoisotopic (exact) mass is 329 g/mol. The van der Waals surface area contributed by atoms with Crippen molar-refractivity contribution in [1.29, 1.82) is 0 Å². The van der Waals surface area contributed by atoms with Gasteiger partial charge in [-0.3, -0.25) is 4.79 Å². The first-order chi connectivity index (χ1) is 10.8. The van der Waals surface area contributed by atoms with E-state index in [0.717, 1.165) is 12.5 Å². The van der Waals surface area contributed by atoms with Gasteiger partial charge in [-0.25, -0.2) is 0 Å². The van der Waals surface area contributed by atoms with Gasteiger partial charge in [0.15, 0.2) is 0 Å². The van der Waals surface area contributed by atoms with Crippen LogP contribution in [-0.4, -0.2) is 35.6 Å². The van der Waals surface area contributed by atoms with E-state index in [4.69, 9.17) is 0 Å². The van der Waals surface area contributed by atoms with E-state index in [1.807, 2.05) is 6.92 Å². The Morgan fingerprint density at radius 2 is 1.87 bits per heavy atom. The van der Waals surface area contributed by atoms with E-state index in [1.54, 1.807) is 4.90 Å². The third-order valence-corrected chi connectivity index (χ3v) is 4.93. The van der Waals surface area contributed by atoms with E-state index in [0.29, 0.717) is 25.9 Å². The molecule has 1 amide bonds. The standard InChI is InChI=1S/C17H22F3NO2/c1-2-16(12-22)7-9-21(10-8-16)15(23)11-13-5-3-4-6-14(13)17(18,19)20/h3-6,22H,2,7-12H2,1H3. The number of amides is 1. The number of hydrogen-bond acceptors (Lipinski definition) is 2. The van der Waals surface area contributed by atoms with Crippen LogP contribution >= 0.6 is 0 Å². The van der Waals surface area contributed by atoms with Crippen molar-refractivity contribution in [2.75, 3.05) is 19.7 Å². The van der Waals surface area contributed by atoms with E-state index in [2.05, 4.69) is 0 Å². The van der Waals surface area contributed by atoms with Crippen molar-refractivity contribution in [3.05, 3.63) is 35.4 Å². The average Bonchev–Trinajstić information content (AvgIpc) is 2.54. The number of rotatable bonds is 4. The lowest BCUT2D eigenvalue weighted by molar-refractivity contribution is -0.139. The second-order valence-electron chi connectivity index (χ2n) is 6.22. The van der Waals surface area contributed by atoms with Gasteiger partial charge in [-0.1, -0.05) is 25.1 Å². The zero-order valence-electron chi connectivity index (χ0n) is 13.2. The second-order valence-corrected chi connectivity index (χ2v) is 6.22. The molecule has 0 aromatic heterocycles. The molecule has 1 saturated heterocycles. The lowest BCUT2D eigenvalue weighted by Crippen LogP contribution is -2.45. The third-order valence-electron chi connectivity index (χ3n) is 4.93. The molecule has 0 radical (unpaired) electrons. The molecule has 2 rings (SSSR count). The van der Waals surface area contributed by atoms with Crippen LogP contribution in [0, 0.1) is 5.41 Å². The number of piperidine rings is 1. The topological polar surface area (TPSA) is 40.5 Å². The molecule has 3 nitrogen and oxygen atoms in total. The Kier molecular flexibility index (Phi) is 5.34. The zero-order valence-corrected chi connectivity index (χ0v) is 13.2. The normalized spacial score (nSPS) is 18.0. The highest BCUT2D eigenvalue weighted by Crippen LogP contribution is 2.35. The molecule has 6 heteroatoms. The van der Waals surface area contributed by atoms with Gasteiger partial charge < -0.3 is 10.0 Å². The maximum atomic E-state index is 13.0. The van der Waals surface area contributed by atoms with Crippen LogP contribution in [0.4, 0.5) is 13.2 Å². The first kappa shape index (κ1) is 17.8. The third kappa shape index (κ3) is 4.05. The molecule has 1 aromatic carbocycles. The minimum Gasteiger partial charge on any atom is -0.396 e. The SMILES string of the molecule is CCC1(CO)CCN(C(=O)Cc2ccccc2C(F)(F)F)CC1. The number of aliphatic hydroxyl groups excluding tert-OH is 1. The van der Waals surface area contributed by atoms with Gasteiger partial charge in [0.2, 0.25) is 5.91 Å². The fourth-order valence-electron chi connectivity index (χ4n) is 3.08. The summed E-state index contributed by atoms with van der Waals surface area (Å²) in [6, 6.07) is 5.21. The van der Waals surface area contributed by atoms with Gasteiger partial charge in [0.1, 0.15) is 0 Å². The molecule has 1 aromatic rings. The molecule has 1 aliphatic heterocycles. The Morgan fingerprint density at radius 1 is 1.26 bits per heavy atom. The van der Waals surface area contributed by atoms with Crippen molar-refractivity contribution in [3.8, 4) is 0 Å². The summed E-state index contributed by atoms with van der Waals surface area (Å²) < 4.78 is 38.9. The van der Waals surface area contributed by atoms with Crippen molar-refractivity contribution in [2.24, 2.45) is 5.41 Å². The number of carbonyl (C=O) groups is 1. The van der Waals surface area contributed by atoms with E-state index in [9.17, 15) is 23.1 Å². The summed E-state index contributed by atoms with van der Waals surface area (Å²) in [6.45, 7) is 3.07. The molecule has 0 saturated carbocycles. The van der Waals surface area contributed by atoms with Crippen molar-refractivity contribution >= 4 is 5.91 Å². The van der Waals surface area contributed by atoms with E-state index >= 15 is 0 Å². The predicted molar refractivity (Wildman–Crippen MR) is 80.8 cm³/mol. The van der Waals surface area contributed by atoms with E-state index < -0.39 is 11.7 Å². The molecule has 0 bridgehead atoms. The second kappa shape index (κ2) is 6.91. The van der Waals surface area contributed by atoms with Crippen LogP contribution in [0.15, 0.2) is 24.3 Å². The fraction of sp³-hybridized carbons (Fsp3) is 0.588. The minimum atomic E-state index is -4.45. The molecule has 1 N–H and O–H groups in total. The molecule has 128 valence electrons. The number of nitrogens with zero attached hydrogens (tertiary/aromatic N) is 1. The van der Waals surface area contributed by atoms with Gasteiger partial charge >= 0.3 is 6.18 Å². The van der Waals surface area contributed by atoms with Crippen molar-refractivity contribution < 1.29 is 23.1 Å². The van der Waals surface area contributed by atoms with Crippen molar-refractivity contribution in [2.45, 2.75) is 38.8 Å². The average molecular weight is 329 g/mol. The van der Waals surface area contributed by atoms with Crippen LogP contribution in [-0.2, 0) is 17.4 Å². The first-order valence-electron chi connectivity index (χ1n) is 7.85. The molecule has 1 fully saturated rings. The number of halogens is 3. The molecule has 1 heterocycles. The van der Waals surface area contributed by atoms with Crippen LogP contribution in [0.2, 0.25) is 0 Å². The van der Waals surface area contributed by atoms with E-state index in [-0.39, 0.29) is 29.9 Å². The summed E-state index contributed by atoms with van der Waals surface area (Å²) in [4.78, 5) is 13.9. The summed E-state index contributed by atoms with van der Waals surface area (Å²) in [5, 5.41) is 9.50. The van der Waals surface area contributed by atoms with Crippen LogP contribution < -0.4 is 0 Å². The number of hydrogen-bond donors (Lipinski definition) is 1. The molecular formula is C17H22F3NO2. The molecule has 0 aliphatic carbocycles. The molecule has 0 atom stereocenters. The Labute approximate surface area is 134 Å². The highest BCUT2D eigenvalue weighted by Gasteiger charge is 2.36. The number of benzene rings is 1.